The molecule has 0 saturated heterocycles. The average molecular weight is 326 g/mol. The SMILES string of the molecule is CC1(C)[C@@H]2CC[C@@]1(C)/C(=N/NC(=O)CCC(=O)c1ccccc1)C2. The fourth-order valence-corrected chi connectivity index (χ4v) is 4.28. The molecule has 4 nitrogen and oxygen atoms in total. The van der Waals surface area contributed by atoms with E-state index in [-0.39, 0.29) is 35.4 Å². The molecule has 0 aromatic heterocycles. The second-order valence-corrected chi connectivity index (χ2v) is 7.88. The molecule has 0 radical (unpaired) electrons. The van der Waals surface area contributed by atoms with Crippen molar-refractivity contribution in [2.75, 3.05) is 0 Å². The largest absolute Gasteiger partial charge is 0.294 e. The Morgan fingerprint density at radius 2 is 1.88 bits per heavy atom. The number of amides is 1. The highest BCUT2D eigenvalue weighted by atomic mass is 16.2. The molecule has 3 rings (SSSR count). The smallest absolute Gasteiger partial charge is 0.240 e. The van der Waals surface area contributed by atoms with Crippen LogP contribution in [0.4, 0.5) is 0 Å². The summed E-state index contributed by atoms with van der Waals surface area (Å²) < 4.78 is 0. The molecule has 2 saturated carbocycles. The van der Waals surface area contributed by atoms with Gasteiger partial charge in [-0.1, -0.05) is 51.1 Å². The number of carbonyl (C=O) groups is 2. The zero-order chi connectivity index (χ0) is 17.4. The summed E-state index contributed by atoms with van der Waals surface area (Å²) in [4.78, 5) is 24.1. The molecule has 2 fully saturated rings. The van der Waals surface area contributed by atoms with Gasteiger partial charge in [0.2, 0.25) is 5.91 Å². The van der Waals surface area contributed by atoms with Crippen LogP contribution in [0.25, 0.3) is 0 Å². The Balaban J connectivity index is 1.54. The number of nitrogens with one attached hydrogen (secondary N) is 1. The minimum Gasteiger partial charge on any atom is -0.294 e. The monoisotopic (exact) mass is 326 g/mol. The molecular formula is C20H26N2O2. The number of ketones is 1. The van der Waals surface area contributed by atoms with E-state index in [1.54, 1.807) is 12.1 Å². The van der Waals surface area contributed by atoms with Gasteiger partial charge in [-0.25, -0.2) is 5.43 Å². The van der Waals surface area contributed by atoms with Gasteiger partial charge in [0.1, 0.15) is 0 Å². The van der Waals surface area contributed by atoms with Crippen molar-refractivity contribution >= 4 is 17.4 Å². The number of Topliss-reactive ketones (excluding diaryl/α,β-unsaturated/α-hetero) is 1. The van der Waals surface area contributed by atoms with Crippen molar-refractivity contribution in [2.24, 2.45) is 21.8 Å². The molecule has 2 aliphatic carbocycles. The van der Waals surface area contributed by atoms with Gasteiger partial charge in [-0.05, 0) is 30.6 Å². The summed E-state index contributed by atoms with van der Waals surface area (Å²) in [5, 5.41) is 4.43. The molecular weight excluding hydrogens is 300 g/mol. The van der Waals surface area contributed by atoms with Gasteiger partial charge >= 0.3 is 0 Å². The maximum absolute atomic E-state index is 12.0. The first kappa shape index (κ1) is 16.9. The Morgan fingerprint density at radius 3 is 2.46 bits per heavy atom. The minimum absolute atomic E-state index is 0.00794. The van der Waals surface area contributed by atoms with Crippen LogP contribution in [0.3, 0.4) is 0 Å². The van der Waals surface area contributed by atoms with Crippen molar-refractivity contribution < 1.29 is 9.59 Å². The molecule has 24 heavy (non-hydrogen) atoms. The van der Waals surface area contributed by atoms with Crippen LogP contribution >= 0.6 is 0 Å². The summed E-state index contributed by atoms with van der Waals surface area (Å²) in [7, 11) is 0. The predicted octanol–water partition coefficient (Wildman–Crippen LogP) is 3.97. The summed E-state index contributed by atoms with van der Waals surface area (Å²) in [6.07, 6.45) is 3.76. The van der Waals surface area contributed by atoms with Gasteiger partial charge in [-0.15, -0.1) is 0 Å². The molecule has 0 heterocycles. The van der Waals surface area contributed by atoms with Crippen LogP contribution in [-0.4, -0.2) is 17.4 Å². The molecule has 0 spiro atoms. The van der Waals surface area contributed by atoms with Gasteiger partial charge in [0.15, 0.2) is 5.78 Å². The highest BCUT2D eigenvalue weighted by Crippen LogP contribution is 2.63. The van der Waals surface area contributed by atoms with Gasteiger partial charge in [-0.3, -0.25) is 9.59 Å². The Hall–Kier alpha value is -1.97. The van der Waals surface area contributed by atoms with Gasteiger partial charge in [0, 0.05) is 29.5 Å². The zero-order valence-electron chi connectivity index (χ0n) is 14.8. The van der Waals surface area contributed by atoms with Crippen LogP contribution in [0.5, 0.6) is 0 Å². The standard InChI is InChI=1S/C20H26N2O2/c1-19(2)15-11-12-20(19,3)17(13-15)21-22-18(24)10-9-16(23)14-7-5-4-6-8-14/h4-8,15H,9-13H2,1-3H3,(H,22,24)/b21-17+/t15-,20+/m1/s1. The Labute approximate surface area is 143 Å². The fraction of sp³-hybridized carbons (Fsp3) is 0.550. The molecule has 1 aromatic carbocycles. The normalized spacial score (nSPS) is 29.0. The maximum Gasteiger partial charge on any atom is 0.240 e. The molecule has 1 amide bonds. The second-order valence-electron chi connectivity index (χ2n) is 7.88. The third-order valence-corrected chi connectivity index (χ3v) is 6.50. The first-order valence-electron chi connectivity index (χ1n) is 8.79. The van der Waals surface area contributed by atoms with E-state index in [4.69, 9.17) is 0 Å². The van der Waals surface area contributed by atoms with E-state index in [1.165, 1.54) is 6.42 Å². The number of hydrogen-bond acceptors (Lipinski definition) is 3. The summed E-state index contributed by atoms with van der Waals surface area (Å²) in [5.41, 5.74) is 4.78. The molecule has 2 atom stereocenters. The van der Waals surface area contributed by atoms with E-state index in [1.807, 2.05) is 18.2 Å². The number of carbonyl (C=O) groups excluding carboxylic acids is 2. The van der Waals surface area contributed by atoms with Crippen molar-refractivity contribution in [3.05, 3.63) is 35.9 Å². The van der Waals surface area contributed by atoms with Gasteiger partial charge in [0.05, 0.1) is 0 Å². The van der Waals surface area contributed by atoms with Crippen molar-refractivity contribution in [3.8, 4) is 0 Å². The number of rotatable bonds is 5. The number of hydrazone groups is 1. The first-order valence-corrected chi connectivity index (χ1v) is 8.79. The Morgan fingerprint density at radius 1 is 1.17 bits per heavy atom. The van der Waals surface area contributed by atoms with Crippen LogP contribution in [0.1, 0.15) is 63.2 Å². The number of hydrogen-bond donors (Lipinski definition) is 1. The molecule has 1 N–H and O–H groups in total. The summed E-state index contributed by atoms with van der Waals surface area (Å²) >= 11 is 0. The van der Waals surface area contributed by atoms with E-state index in [9.17, 15) is 9.59 Å². The van der Waals surface area contributed by atoms with Gasteiger partial charge in [-0.2, -0.15) is 5.10 Å². The van der Waals surface area contributed by atoms with E-state index < -0.39 is 0 Å². The van der Waals surface area contributed by atoms with E-state index in [2.05, 4.69) is 31.3 Å². The highest BCUT2D eigenvalue weighted by molar-refractivity contribution is 5.98. The van der Waals surface area contributed by atoms with E-state index >= 15 is 0 Å². The lowest BCUT2D eigenvalue weighted by atomic mass is 9.70. The van der Waals surface area contributed by atoms with Gasteiger partial charge < -0.3 is 0 Å². The molecule has 1 aromatic rings. The van der Waals surface area contributed by atoms with Crippen LogP contribution in [-0.2, 0) is 4.79 Å². The lowest BCUT2D eigenvalue weighted by Gasteiger charge is -2.34. The van der Waals surface area contributed by atoms with Crippen molar-refractivity contribution in [3.63, 3.8) is 0 Å². The summed E-state index contributed by atoms with van der Waals surface area (Å²) in [6.45, 7) is 6.89. The predicted molar refractivity (Wildman–Crippen MR) is 94.8 cm³/mol. The quantitative estimate of drug-likeness (QED) is 0.657. The zero-order valence-corrected chi connectivity index (χ0v) is 14.8. The van der Waals surface area contributed by atoms with Crippen LogP contribution in [0.15, 0.2) is 35.4 Å². The molecule has 0 aliphatic heterocycles. The number of nitrogens with zero attached hydrogens (tertiary/aromatic N) is 1. The highest BCUT2D eigenvalue weighted by Gasteiger charge is 2.59. The van der Waals surface area contributed by atoms with Gasteiger partial charge in [0.25, 0.3) is 0 Å². The van der Waals surface area contributed by atoms with E-state index in [0.717, 1.165) is 18.6 Å². The van der Waals surface area contributed by atoms with Crippen molar-refractivity contribution in [1.29, 1.82) is 0 Å². The molecule has 128 valence electrons. The second kappa shape index (κ2) is 6.15. The molecule has 0 unspecified atom stereocenters. The summed E-state index contributed by atoms with van der Waals surface area (Å²) in [6, 6.07) is 9.09. The lowest BCUT2D eigenvalue weighted by molar-refractivity contribution is -0.121. The fourth-order valence-electron chi connectivity index (χ4n) is 4.28. The first-order chi connectivity index (χ1) is 11.3. The van der Waals surface area contributed by atoms with Crippen molar-refractivity contribution in [1.82, 2.24) is 5.43 Å². The van der Waals surface area contributed by atoms with Crippen LogP contribution in [0.2, 0.25) is 0 Å². The third-order valence-electron chi connectivity index (χ3n) is 6.50. The third kappa shape index (κ3) is 2.79. The Bertz CT molecular complexity index is 678. The summed E-state index contributed by atoms with van der Waals surface area (Å²) in [5.74, 6) is 0.472. The van der Waals surface area contributed by atoms with Crippen LogP contribution in [0, 0.1) is 16.7 Å². The topological polar surface area (TPSA) is 58.5 Å². The van der Waals surface area contributed by atoms with Crippen LogP contribution < -0.4 is 5.43 Å². The number of benzene rings is 1. The van der Waals surface area contributed by atoms with Crippen molar-refractivity contribution in [2.45, 2.75) is 52.9 Å². The van der Waals surface area contributed by atoms with E-state index in [0.29, 0.717) is 11.5 Å². The average Bonchev–Trinajstić information content (AvgIpc) is 2.91. The maximum atomic E-state index is 12.0. The lowest BCUT2D eigenvalue weighted by Crippen LogP contribution is -2.34. The molecule has 2 bridgehead atoms. The minimum atomic E-state index is -0.184. The molecule has 4 heteroatoms. The Kier molecular flexibility index (Phi) is 4.33. The number of fused-ring (bicyclic) bond motifs is 2. The molecule has 2 aliphatic rings.